The van der Waals surface area contributed by atoms with Crippen molar-refractivity contribution in [1.82, 2.24) is 14.9 Å². The minimum Gasteiger partial charge on any atom is -0.382 e. The number of carbonyl (C=O) groups is 2. The largest absolute Gasteiger partial charge is 0.382 e. The first kappa shape index (κ1) is 17.6. The average molecular weight is 322 g/mol. The van der Waals surface area contributed by atoms with Gasteiger partial charge in [-0.25, -0.2) is 4.98 Å². The molecule has 0 spiro atoms. The fourth-order valence-corrected chi connectivity index (χ4v) is 3.05. The van der Waals surface area contributed by atoms with Crippen LogP contribution >= 0.6 is 0 Å². The first-order valence-electron chi connectivity index (χ1n) is 8.29. The molecule has 2 amide bonds. The summed E-state index contributed by atoms with van der Waals surface area (Å²) in [6.45, 7) is 0.434. The fraction of sp³-hybridized carbons (Fsp3) is 0.688. The van der Waals surface area contributed by atoms with E-state index in [0.717, 1.165) is 12.8 Å². The van der Waals surface area contributed by atoms with Gasteiger partial charge < -0.3 is 15.4 Å². The molecule has 0 bridgehead atoms. The van der Waals surface area contributed by atoms with Gasteiger partial charge in [0, 0.05) is 31.4 Å². The van der Waals surface area contributed by atoms with E-state index in [1.54, 1.807) is 23.3 Å². The molecule has 0 saturated heterocycles. The van der Waals surface area contributed by atoms with E-state index in [0.29, 0.717) is 18.9 Å². The Morgan fingerprint density at radius 3 is 2.74 bits per heavy atom. The lowest BCUT2D eigenvalue weighted by atomic mass is 9.84. The minimum atomic E-state index is -1.34. The SMILES string of the molecule is N[C@H](CC1CCCCC1)C(O)C(=O)NC(=O)CCn1ccnc1. The summed E-state index contributed by atoms with van der Waals surface area (Å²) < 4.78 is 1.75. The molecule has 1 aliphatic carbocycles. The Morgan fingerprint density at radius 2 is 2.09 bits per heavy atom. The van der Waals surface area contributed by atoms with Crippen molar-refractivity contribution < 1.29 is 14.7 Å². The summed E-state index contributed by atoms with van der Waals surface area (Å²) in [6.07, 6.45) is 10.2. The van der Waals surface area contributed by atoms with Crippen LogP contribution in [0.15, 0.2) is 18.7 Å². The number of aliphatic hydroxyl groups is 1. The van der Waals surface area contributed by atoms with Gasteiger partial charge >= 0.3 is 0 Å². The van der Waals surface area contributed by atoms with Crippen LogP contribution in [0, 0.1) is 5.92 Å². The third kappa shape index (κ3) is 5.76. The highest BCUT2D eigenvalue weighted by molar-refractivity contribution is 5.97. The summed E-state index contributed by atoms with van der Waals surface area (Å²) in [7, 11) is 0. The number of nitrogens with zero attached hydrogens (tertiary/aromatic N) is 2. The first-order chi connectivity index (χ1) is 11.1. The number of aryl methyl sites for hydroxylation is 1. The van der Waals surface area contributed by atoms with E-state index in [4.69, 9.17) is 5.73 Å². The zero-order valence-corrected chi connectivity index (χ0v) is 13.4. The molecule has 1 heterocycles. The molecular weight excluding hydrogens is 296 g/mol. The number of rotatable bonds is 7. The number of carbonyl (C=O) groups excluding carboxylic acids is 2. The van der Waals surface area contributed by atoms with Crippen molar-refractivity contribution >= 4 is 11.8 Å². The fourth-order valence-electron chi connectivity index (χ4n) is 3.05. The zero-order valence-electron chi connectivity index (χ0n) is 13.4. The van der Waals surface area contributed by atoms with Crippen molar-refractivity contribution in [3.05, 3.63) is 18.7 Å². The van der Waals surface area contributed by atoms with Gasteiger partial charge in [-0.15, -0.1) is 0 Å². The number of hydrogen-bond donors (Lipinski definition) is 3. The highest BCUT2D eigenvalue weighted by Gasteiger charge is 2.27. The molecule has 0 radical (unpaired) electrons. The molecular formula is C16H26N4O3. The summed E-state index contributed by atoms with van der Waals surface area (Å²) in [4.78, 5) is 27.5. The standard InChI is InChI=1S/C16H26N4O3/c17-13(10-12-4-2-1-3-5-12)15(22)16(23)19-14(21)6-8-20-9-7-18-11-20/h7,9,11-13,15,22H,1-6,8,10,17H2,(H,19,21,23)/t13-,15?/m1/s1. The smallest absolute Gasteiger partial charge is 0.257 e. The molecule has 7 heteroatoms. The van der Waals surface area contributed by atoms with Crippen molar-refractivity contribution in [3.8, 4) is 0 Å². The minimum absolute atomic E-state index is 0.146. The molecule has 2 rings (SSSR count). The van der Waals surface area contributed by atoms with Crippen LogP contribution in [0.2, 0.25) is 0 Å². The molecule has 128 valence electrons. The van der Waals surface area contributed by atoms with Crippen LogP contribution in [-0.4, -0.2) is 38.6 Å². The van der Waals surface area contributed by atoms with E-state index in [1.165, 1.54) is 19.3 Å². The lowest BCUT2D eigenvalue weighted by molar-refractivity contribution is -0.136. The van der Waals surface area contributed by atoms with E-state index in [-0.39, 0.29) is 6.42 Å². The average Bonchev–Trinajstić information content (AvgIpc) is 3.06. The molecule has 23 heavy (non-hydrogen) atoms. The molecule has 1 aromatic heterocycles. The number of aromatic nitrogens is 2. The molecule has 1 aliphatic rings. The second-order valence-electron chi connectivity index (χ2n) is 6.31. The van der Waals surface area contributed by atoms with Gasteiger partial charge in [0.15, 0.2) is 0 Å². The van der Waals surface area contributed by atoms with E-state index in [2.05, 4.69) is 10.3 Å². The molecule has 1 fully saturated rings. The normalized spacial score (nSPS) is 18.3. The summed E-state index contributed by atoms with van der Waals surface area (Å²) in [5.74, 6) is -0.658. The maximum atomic E-state index is 11.9. The van der Waals surface area contributed by atoms with Crippen LogP contribution in [0.1, 0.15) is 44.9 Å². The molecule has 1 aromatic rings. The first-order valence-corrected chi connectivity index (χ1v) is 8.29. The number of nitrogens with one attached hydrogen (secondary N) is 1. The van der Waals surface area contributed by atoms with Gasteiger partial charge in [0.25, 0.3) is 5.91 Å². The number of hydrogen-bond acceptors (Lipinski definition) is 5. The summed E-state index contributed by atoms with van der Waals surface area (Å²) in [5, 5.41) is 12.2. The second kappa shape index (κ2) is 8.79. The van der Waals surface area contributed by atoms with Crippen LogP contribution in [0.5, 0.6) is 0 Å². The second-order valence-corrected chi connectivity index (χ2v) is 6.31. The van der Waals surface area contributed by atoms with E-state index < -0.39 is 24.0 Å². The highest BCUT2D eigenvalue weighted by Crippen LogP contribution is 2.27. The van der Waals surface area contributed by atoms with Crippen LogP contribution in [0.3, 0.4) is 0 Å². The zero-order chi connectivity index (χ0) is 16.7. The number of aliphatic hydroxyl groups excluding tert-OH is 1. The Morgan fingerprint density at radius 1 is 1.35 bits per heavy atom. The molecule has 7 nitrogen and oxygen atoms in total. The Labute approximate surface area is 136 Å². The molecule has 1 saturated carbocycles. The highest BCUT2D eigenvalue weighted by atomic mass is 16.3. The van der Waals surface area contributed by atoms with Gasteiger partial charge in [0.1, 0.15) is 6.10 Å². The van der Waals surface area contributed by atoms with Crippen LogP contribution in [-0.2, 0) is 16.1 Å². The lowest BCUT2D eigenvalue weighted by Crippen LogP contribution is -2.48. The van der Waals surface area contributed by atoms with Crippen molar-refractivity contribution in [3.63, 3.8) is 0 Å². The van der Waals surface area contributed by atoms with Crippen LogP contribution in [0.4, 0.5) is 0 Å². The van der Waals surface area contributed by atoms with Crippen molar-refractivity contribution in [2.24, 2.45) is 11.7 Å². The van der Waals surface area contributed by atoms with Crippen molar-refractivity contribution in [1.29, 1.82) is 0 Å². The number of imidazole rings is 1. The third-order valence-electron chi connectivity index (χ3n) is 4.42. The van der Waals surface area contributed by atoms with Gasteiger partial charge in [-0.3, -0.25) is 14.9 Å². The Hall–Kier alpha value is -1.73. The Balaban J connectivity index is 1.71. The van der Waals surface area contributed by atoms with Gasteiger partial charge in [-0.05, 0) is 12.3 Å². The van der Waals surface area contributed by atoms with E-state index in [9.17, 15) is 14.7 Å². The molecule has 1 unspecified atom stereocenters. The van der Waals surface area contributed by atoms with Crippen molar-refractivity contribution in [2.45, 2.75) is 63.6 Å². The molecule has 4 N–H and O–H groups in total. The van der Waals surface area contributed by atoms with Gasteiger partial charge in [-0.1, -0.05) is 32.1 Å². The maximum absolute atomic E-state index is 11.9. The van der Waals surface area contributed by atoms with E-state index >= 15 is 0 Å². The van der Waals surface area contributed by atoms with Crippen molar-refractivity contribution in [2.75, 3.05) is 0 Å². The topological polar surface area (TPSA) is 110 Å². The molecule has 0 aliphatic heterocycles. The predicted octanol–water partition coefficient (Wildman–Crippen LogP) is 0.575. The quantitative estimate of drug-likeness (QED) is 0.680. The summed E-state index contributed by atoms with van der Waals surface area (Å²) in [5.41, 5.74) is 5.94. The summed E-state index contributed by atoms with van der Waals surface area (Å²) >= 11 is 0. The maximum Gasteiger partial charge on any atom is 0.257 e. The van der Waals surface area contributed by atoms with Gasteiger partial charge in [-0.2, -0.15) is 0 Å². The predicted molar refractivity (Wildman–Crippen MR) is 85.2 cm³/mol. The van der Waals surface area contributed by atoms with Gasteiger partial charge in [0.05, 0.1) is 6.33 Å². The number of imide groups is 1. The third-order valence-corrected chi connectivity index (χ3v) is 4.42. The lowest BCUT2D eigenvalue weighted by Gasteiger charge is -2.26. The Kier molecular flexibility index (Phi) is 6.73. The monoisotopic (exact) mass is 322 g/mol. The number of amides is 2. The van der Waals surface area contributed by atoms with E-state index in [1.807, 2.05) is 0 Å². The molecule has 0 aromatic carbocycles. The Bertz CT molecular complexity index is 497. The summed E-state index contributed by atoms with van der Waals surface area (Å²) in [6, 6.07) is -0.625. The van der Waals surface area contributed by atoms with Crippen LogP contribution in [0.25, 0.3) is 0 Å². The van der Waals surface area contributed by atoms with Gasteiger partial charge in [0.2, 0.25) is 5.91 Å². The number of nitrogens with two attached hydrogens (primary N) is 1. The molecule has 2 atom stereocenters. The van der Waals surface area contributed by atoms with Crippen LogP contribution < -0.4 is 11.1 Å².